The Hall–Kier alpha value is -5.31. The fourth-order valence-electron chi connectivity index (χ4n) is 6.22. The number of hydrogen-bond acceptors (Lipinski definition) is 9. The van der Waals surface area contributed by atoms with E-state index in [-0.39, 0.29) is 73.1 Å². The maximum atomic E-state index is 14.1. The van der Waals surface area contributed by atoms with Gasteiger partial charge in [0.15, 0.2) is 22.4 Å². The number of hydrogen-bond donors (Lipinski definition) is 4. The second kappa shape index (κ2) is 11.3. The number of rotatable bonds is 6. The van der Waals surface area contributed by atoms with Gasteiger partial charge in [-0.3, -0.25) is 24.2 Å². The SMILES string of the molecule is Cc1c(-c2c(C)c(=O)c3c(C(C)C)c(=O)c(=O)cc-3c2=O)c(O)c2c(C=NCc3ccccc3)c(O)c(O)c(C(C)C)c2c1O. The molecule has 0 aliphatic heterocycles. The van der Waals surface area contributed by atoms with Crippen molar-refractivity contribution in [3.63, 3.8) is 0 Å². The van der Waals surface area contributed by atoms with Crippen LogP contribution in [0.2, 0.25) is 0 Å². The van der Waals surface area contributed by atoms with Crippen molar-refractivity contribution < 1.29 is 20.4 Å². The van der Waals surface area contributed by atoms with Gasteiger partial charge in [-0.1, -0.05) is 58.0 Å². The second-order valence-electron chi connectivity index (χ2n) is 11.9. The van der Waals surface area contributed by atoms with Crippen LogP contribution in [0, 0.1) is 13.8 Å². The van der Waals surface area contributed by atoms with Crippen LogP contribution in [-0.4, -0.2) is 26.6 Å². The predicted octanol–water partition coefficient (Wildman–Crippen LogP) is 5.23. The summed E-state index contributed by atoms with van der Waals surface area (Å²) < 4.78 is 0. The van der Waals surface area contributed by atoms with Crippen molar-refractivity contribution in [2.45, 2.75) is 59.9 Å². The van der Waals surface area contributed by atoms with Crippen molar-refractivity contribution >= 4 is 17.0 Å². The Kier molecular flexibility index (Phi) is 7.83. The van der Waals surface area contributed by atoms with E-state index in [1.165, 1.54) is 20.1 Å². The summed E-state index contributed by atoms with van der Waals surface area (Å²) in [6, 6.07) is 10.1. The molecule has 0 heterocycles. The lowest BCUT2D eigenvalue weighted by Gasteiger charge is -2.23. The zero-order valence-corrected chi connectivity index (χ0v) is 25.8. The summed E-state index contributed by atoms with van der Waals surface area (Å²) in [6.45, 7) is 9.81. The van der Waals surface area contributed by atoms with Crippen LogP contribution in [0.1, 0.15) is 72.9 Å². The first-order chi connectivity index (χ1) is 21.2. The lowest BCUT2D eigenvalue weighted by Crippen LogP contribution is -2.35. The van der Waals surface area contributed by atoms with Crippen molar-refractivity contribution in [1.29, 1.82) is 0 Å². The van der Waals surface area contributed by atoms with E-state index in [4.69, 9.17) is 0 Å². The monoisotopic (exact) mass is 607 g/mol. The molecule has 0 bridgehead atoms. The minimum absolute atomic E-state index is 0.0324. The highest BCUT2D eigenvalue weighted by atomic mass is 16.3. The van der Waals surface area contributed by atoms with Crippen LogP contribution in [0.15, 0.2) is 60.6 Å². The molecule has 0 fully saturated rings. The smallest absolute Gasteiger partial charge is 0.229 e. The molecule has 0 radical (unpaired) electrons. The third kappa shape index (κ3) is 4.75. The number of benzene rings is 5. The first-order valence-corrected chi connectivity index (χ1v) is 14.6. The maximum absolute atomic E-state index is 14.1. The van der Waals surface area contributed by atoms with Gasteiger partial charge in [-0.15, -0.1) is 0 Å². The first kappa shape index (κ1) is 31.1. The molecule has 2 aliphatic carbocycles. The highest BCUT2D eigenvalue weighted by Crippen LogP contribution is 2.53. The summed E-state index contributed by atoms with van der Waals surface area (Å²) in [7, 11) is 0. The zero-order valence-electron chi connectivity index (χ0n) is 25.8. The van der Waals surface area contributed by atoms with E-state index >= 15 is 0 Å². The zero-order chi connectivity index (χ0) is 33.1. The molecule has 2 aliphatic rings. The summed E-state index contributed by atoms with van der Waals surface area (Å²) in [5.41, 5.74) is -3.22. The van der Waals surface area contributed by atoms with Crippen LogP contribution >= 0.6 is 0 Å². The molecule has 0 saturated carbocycles. The van der Waals surface area contributed by atoms with Gasteiger partial charge in [0.1, 0.15) is 11.5 Å². The lowest BCUT2D eigenvalue weighted by atomic mass is 9.82. The molecule has 0 atom stereocenters. The molecule has 230 valence electrons. The molecular weight excluding hydrogens is 574 g/mol. The number of nitrogens with zero attached hydrogens (tertiary/aromatic N) is 1. The molecule has 0 saturated heterocycles. The Labute approximate surface area is 258 Å². The van der Waals surface area contributed by atoms with Crippen LogP contribution in [0.3, 0.4) is 0 Å². The molecule has 0 spiro atoms. The minimum Gasteiger partial charge on any atom is -0.507 e. The fourth-order valence-corrected chi connectivity index (χ4v) is 6.22. The van der Waals surface area contributed by atoms with E-state index in [1.807, 2.05) is 30.3 Å². The standard InChI is InChI=1S/C36H33NO8/c1-15(2)23-27-20(12-22(38)34(23)43)32(41)25(17(5)30(27)39)26-18(6)31(40)29-24(16(3)4)36(45)33(42)21(28(29)35(26)44)14-37-13-19-10-8-7-9-11-19/h7-12,14-16,40,42,44-45H,13H2,1-6H3. The van der Waals surface area contributed by atoms with Crippen LogP contribution in [-0.2, 0) is 6.54 Å². The highest BCUT2D eigenvalue weighted by Gasteiger charge is 2.32. The molecule has 0 amide bonds. The number of phenolic OH excluding ortho intramolecular Hbond substituents is 4. The Bertz CT molecular complexity index is 2220. The van der Waals surface area contributed by atoms with E-state index in [1.54, 1.807) is 27.7 Å². The predicted molar refractivity (Wildman–Crippen MR) is 176 cm³/mol. The quantitative estimate of drug-likeness (QED) is 0.0883. The second-order valence-corrected chi connectivity index (χ2v) is 11.9. The van der Waals surface area contributed by atoms with E-state index in [0.717, 1.165) is 11.6 Å². The van der Waals surface area contributed by atoms with Crippen molar-refractivity contribution in [3.05, 3.63) is 111 Å². The van der Waals surface area contributed by atoms with Crippen molar-refractivity contribution in [1.82, 2.24) is 0 Å². The van der Waals surface area contributed by atoms with Crippen LogP contribution in [0.25, 0.3) is 33.0 Å². The largest absolute Gasteiger partial charge is 0.507 e. The van der Waals surface area contributed by atoms with Crippen molar-refractivity contribution in [2.75, 3.05) is 0 Å². The summed E-state index contributed by atoms with van der Waals surface area (Å²) >= 11 is 0. The molecule has 5 rings (SSSR count). The Morgan fingerprint density at radius 1 is 0.667 bits per heavy atom. The van der Waals surface area contributed by atoms with Crippen molar-refractivity contribution in [3.8, 4) is 45.3 Å². The maximum Gasteiger partial charge on any atom is 0.229 e. The van der Waals surface area contributed by atoms with Gasteiger partial charge in [-0.25, -0.2) is 0 Å². The van der Waals surface area contributed by atoms with Gasteiger partial charge >= 0.3 is 0 Å². The van der Waals surface area contributed by atoms with Gasteiger partial charge in [0.25, 0.3) is 0 Å². The van der Waals surface area contributed by atoms with Gasteiger partial charge in [-0.2, -0.15) is 0 Å². The Balaban J connectivity index is 1.95. The number of aliphatic imine (C=N–C) groups is 1. The van der Waals surface area contributed by atoms with Gasteiger partial charge in [-0.05, 0) is 31.2 Å². The number of fused-ring (bicyclic) bond motifs is 2. The molecule has 9 nitrogen and oxygen atoms in total. The topological polar surface area (TPSA) is 162 Å². The van der Waals surface area contributed by atoms with Gasteiger partial charge in [0, 0.05) is 73.1 Å². The molecule has 0 aromatic heterocycles. The lowest BCUT2D eigenvalue weighted by molar-refractivity contribution is 0.397. The molecule has 45 heavy (non-hydrogen) atoms. The number of aromatic hydroxyl groups is 4. The molecular formula is C36H33NO8. The van der Waals surface area contributed by atoms with Crippen molar-refractivity contribution in [2.24, 2.45) is 4.99 Å². The molecule has 4 N–H and O–H groups in total. The van der Waals surface area contributed by atoms with E-state index < -0.39 is 50.8 Å². The summed E-state index contributed by atoms with van der Waals surface area (Å²) in [5, 5.41) is 45.8. The molecule has 0 unspecified atom stereocenters. The van der Waals surface area contributed by atoms with Crippen LogP contribution < -0.4 is 21.7 Å². The highest BCUT2D eigenvalue weighted by molar-refractivity contribution is 6.14. The Morgan fingerprint density at radius 3 is 1.89 bits per heavy atom. The van der Waals surface area contributed by atoms with E-state index in [0.29, 0.717) is 0 Å². The Morgan fingerprint density at radius 2 is 1.29 bits per heavy atom. The fraction of sp³-hybridized carbons (Fsp3) is 0.250. The van der Waals surface area contributed by atoms with Gasteiger partial charge in [0.05, 0.1) is 6.54 Å². The van der Waals surface area contributed by atoms with Gasteiger partial charge in [0.2, 0.25) is 10.9 Å². The normalized spacial score (nSPS) is 12.0. The average Bonchev–Trinajstić information content (AvgIpc) is 2.99. The number of phenols is 4. The van der Waals surface area contributed by atoms with Gasteiger partial charge < -0.3 is 20.4 Å². The molecule has 3 aromatic rings. The van der Waals surface area contributed by atoms with E-state index in [9.17, 15) is 39.6 Å². The average molecular weight is 608 g/mol. The first-order valence-electron chi connectivity index (χ1n) is 14.6. The summed E-state index contributed by atoms with van der Waals surface area (Å²) in [6.07, 6.45) is 1.27. The minimum atomic E-state index is -0.932. The third-order valence-electron chi connectivity index (χ3n) is 8.40. The third-order valence-corrected chi connectivity index (χ3v) is 8.40. The van der Waals surface area contributed by atoms with Crippen LogP contribution in [0.5, 0.6) is 23.0 Å². The molecule has 9 heteroatoms. The summed E-state index contributed by atoms with van der Waals surface area (Å²) in [5.74, 6) is -2.95. The van der Waals surface area contributed by atoms with E-state index in [2.05, 4.69) is 4.99 Å². The summed E-state index contributed by atoms with van der Waals surface area (Å²) in [4.78, 5) is 57.7. The molecule has 3 aromatic carbocycles. The van der Waals surface area contributed by atoms with Crippen LogP contribution in [0.4, 0.5) is 0 Å².